The van der Waals surface area contributed by atoms with Crippen LogP contribution in [-0.2, 0) is 4.79 Å². The number of rotatable bonds is 7. The van der Waals surface area contributed by atoms with Crippen LogP contribution in [0.1, 0.15) is 24.9 Å². The van der Waals surface area contributed by atoms with Crippen LogP contribution in [0.2, 0.25) is 5.02 Å². The lowest BCUT2D eigenvalue weighted by Gasteiger charge is -2.17. The van der Waals surface area contributed by atoms with Gasteiger partial charge in [-0.1, -0.05) is 29.8 Å². The van der Waals surface area contributed by atoms with Crippen LogP contribution in [0, 0.1) is 0 Å². The molecule has 0 spiro atoms. The number of amides is 1. The Kier molecular flexibility index (Phi) is 6.81. The third-order valence-electron chi connectivity index (χ3n) is 3.39. The second-order valence-electron chi connectivity index (χ2n) is 5.08. The minimum absolute atomic E-state index is 0.0323. The molecule has 0 unspecified atom stereocenters. The van der Waals surface area contributed by atoms with Crippen molar-refractivity contribution in [3.8, 4) is 5.75 Å². The van der Waals surface area contributed by atoms with Crippen molar-refractivity contribution >= 4 is 29.3 Å². The van der Waals surface area contributed by atoms with E-state index in [0.29, 0.717) is 6.42 Å². The third kappa shape index (κ3) is 5.48. The van der Waals surface area contributed by atoms with Gasteiger partial charge in [0.05, 0.1) is 13.2 Å². The maximum Gasteiger partial charge on any atom is 0.221 e. The summed E-state index contributed by atoms with van der Waals surface area (Å²) in [6.07, 6.45) is 0.465. The summed E-state index contributed by atoms with van der Waals surface area (Å²) in [5.41, 5.74) is 0.980. The van der Waals surface area contributed by atoms with Gasteiger partial charge in [-0.05, 0) is 37.3 Å². The van der Waals surface area contributed by atoms with Crippen molar-refractivity contribution in [2.45, 2.75) is 24.3 Å². The van der Waals surface area contributed by atoms with Gasteiger partial charge >= 0.3 is 0 Å². The van der Waals surface area contributed by atoms with Crippen LogP contribution in [0.4, 0.5) is 0 Å². The number of hydrogen-bond donors (Lipinski definition) is 1. The minimum Gasteiger partial charge on any atom is -0.496 e. The first-order valence-corrected chi connectivity index (χ1v) is 8.77. The number of carbonyl (C=O) groups is 1. The Morgan fingerprint density at radius 2 is 1.91 bits per heavy atom. The Labute approximate surface area is 146 Å². The fourth-order valence-electron chi connectivity index (χ4n) is 2.21. The zero-order valence-electron chi connectivity index (χ0n) is 13.2. The molecule has 2 rings (SSSR count). The summed E-state index contributed by atoms with van der Waals surface area (Å²) >= 11 is 7.50. The van der Waals surface area contributed by atoms with Crippen LogP contribution in [0.25, 0.3) is 0 Å². The number of methoxy groups -OCH3 is 1. The van der Waals surface area contributed by atoms with Gasteiger partial charge in [0.15, 0.2) is 0 Å². The van der Waals surface area contributed by atoms with E-state index in [1.165, 1.54) is 0 Å². The van der Waals surface area contributed by atoms with E-state index in [1.807, 2.05) is 55.5 Å². The van der Waals surface area contributed by atoms with Crippen molar-refractivity contribution in [2.24, 2.45) is 0 Å². The van der Waals surface area contributed by atoms with E-state index in [2.05, 4.69) is 5.32 Å². The molecule has 0 bridgehead atoms. The van der Waals surface area contributed by atoms with Gasteiger partial charge in [-0.25, -0.2) is 0 Å². The number of carbonyl (C=O) groups excluding carboxylic acids is 1. The molecule has 0 saturated heterocycles. The molecule has 1 atom stereocenters. The van der Waals surface area contributed by atoms with E-state index >= 15 is 0 Å². The minimum atomic E-state index is -0.0841. The molecule has 0 heterocycles. The predicted molar refractivity (Wildman–Crippen MR) is 96.3 cm³/mol. The summed E-state index contributed by atoms with van der Waals surface area (Å²) in [6, 6.07) is 15.3. The van der Waals surface area contributed by atoms with Gasteiger partial charge in [-0.15, -0.1) is 11.8 Å². The Balaban J connectivity index is 1.81. The molecule has 1 amide bonds. The number of ether oxygens (including phenoxy) is 1. The summed E-state index contributed by atoms with van der Waals surface area (Å²) in [7, 11) is 1.64. The first-order chi connectivity index (χ1) is 11.1. The second-order valence-corrected chi connectivity index (χ2v) is 6.69. The fourth-order valence-corrected chi connectivity index (χ4v) is 3.19. The van der Waals surface area contributed by atoms with E-state index < -0.39 is 0 Å². The Morgan fingerprint density at radius 3 is 2.61 bits per heavy atom. The highest BCUT2D eigenvalue weighted by molar-refractivity contribution is 7.99. The standard InChI is InChI=1S/C18H20ClNO2S/c1-13(16-5-3-4-6-17(16)22-2)20-18(21)11-12-23-15-9-7-14(19)8-10-15/h3-10,13H,11-12H2,1-2H3,(H,20,21)/t13-/m0/s1. The van der Waals surface area contributed by atoms with Crippen molar-refractivity contribution in [3.05, 3.63) is 59.1 Å². The summed E-state index contributed by atoms with van der Waals surface area (Å²) < 4.78 is 5.33. The van der Waals surface area contributed by atoms with E-state index in [-0.39, 0.29) is 11.9 Å². The Hall–Kier alpha value is -1.65. The number of hydrogen-bond acceptors (Lipinski definition) is 3. The summed E-state index contributed by atoms with van der Waals surface area (Å²) in [5, 5.41) is 3.73. The second kappa shape index (κ2) is 8.85. The summed E-state index contributed by atoms with van der Waals surface area (Å²) in [4.78, 5) is 13.2. The van der Waals surface area contributed by atoms with E-state index in [1.54, 1.807) is 18.9 Å². The maximum absolute atomic E-state index is 12.1. The maximum atomic E-state index is 12.1. The van der Waals surface area contributed by atoms with Crippen LogP contribution >= 0.6 is 23.4 Å². The predicted octanol–water partition coefficient (Wildman–Crippen LogP) is 4.71. The molecule has 23 heavy (non-hydrogen) atoms. The molecule has 0 radical (unpaired) electrons. The molecular weight excluding hydrogens is 330 g/mol. The average molecular weight is 350 g/mol. The topological polar surface area (TPSA) is 38.3 Å². The van der Waals surface area contributed by atoms with Crippen LogP contribution in [0.15, 0.2) is 53.4 Å². The van der Waals surface area contributed by atoms with Crippen molar-refractivity contribution in [3.63, 3.8) is 0 Å². The smallest absolute Gasteiger partial charge is 0.221 e. The third-order valence-corrected chi connectivity index (χ3v) is 4.66. The van der Waals surface area contributed by atoms with Crippen molar-refractivity contribution in [2.75, 3.05) is 12.9 Å². The highest BCUT2D eigenvalue weighted by atomic mass is 35.5. The number of benzene rings is 2. The molecule has 2 aromatic carbocycles. The van der Waals surface area contributed by atoms with Gasteiger partial charge in [-0.3, -0.25) is 4.79 Å². The highest BCUT2D eigenvalue weighted by Crippen LogP contribution is 2.25. The lowest BCUT2D eigenvalue weighted by atomic mass is 10.1. The molecule has 0 fully saturated rings. The molecule has 122 valence electrons. The van der Waals surface area contributed by atoms with Gasteiger partial charge < -0.3 is 10.1 Å². The average Bonchev–Trinajstić information content (AvgIpc) is 2.56. The first-order valence-electron chi connectivity index (χ1n) is 7.41. The lowest BCUT2D eigenvalue weighted by Crippen LogP contribution is -2.27. The van der Waals surface area contributed by atoms with Crippen molar-refractivity contribution in [1.82, 2.24) is 5.32 Å². The Morgan fingerprint density at radius 1 is 1.22 bits per heavy atom. The van der Waals surface area contributed by atoms with Crippen LogP contribution in [0.3, 0.4) is 0 Å². The van der Waals surface area contributed by atoms with Crippen molar-refractivity contribution in [1.29, 1.82) is 0 Å². The van der Waals surface area contributed by atoms with Gasteiger partial charge in [0.1, 0.15) is 5.75 Å². The first kappa shape index (κ1) is 17.7. The van der Waals surface area contributed by atoms with Gasteiger partial charge in [0, 0.05) is 27.7 Å². The van der Waals surface area contributed by atoms with Crippen LogP contribution in [-0.4, -0.2) is 18.8 Å². The van der Waals surface area contributed by atoms with E-state index in [4.69, 9.17) is 16.3 Å². The normalized spacial score (nSPS) is 11.8. The number of para-hydroxylation sites is 1. The van der Waals surface area contributed by atoms with Gasteiger partial charge in [-0.2, -0.15) is 0 Å². The van der Waals surface area contributed by atoms with Crippen molar-refractivity contribution < 1.29 is 9.53 Å². The molecule has 0 saturated carbocycles. The zero-order chi connectivity index (χ0) is 16.7. The molecule has 2 aromatic rings. The SMILES string of the molecule is COc1ccccc1[C@H](C)NC(=O)CCSc1ccc(Cl)cc1. The van der Waals surface area contributed by atoms with Crippen LogP contribution < -0.4 is 10.1 Å². The number of nitrogens with one attached hydrogen (secondary N) is 1. The molecule has 0 aliphatic carbocycles. The molecule has 0 aliphatic rings. The summed E-state index contributed by atoms with van der Waals surface area (Å²) in [5.74, 6) is 1.55. The fraction of sp³-hybridized carbons (Fsp3) is 0.278. The zero-order valence-corrected chi connectivity index (χ0v) is 14.8. The van der Waals surface area contributed by atoms with E-state index in [9.17, 15) is 4.79 Å². The molecule has 0 aromatic heterocycles. The lowest BCUT2D eigenvalue weighted by molar-refractivity contribution is -0.121. The molecule has 3 nitrogen and oxygen atoms in total. The number of thioether (sulfide) groups is 1. The van der Waals surface area contributed by atoms with Gasteiger partial charge in [0.2, 0.25) is 5.91 Å². The highest BCUT2D eigenvalue weighted by Gasteiger charge is 2.13. The summed E-state index contributed by atoms with van der Waals surface area (Å²) in [6.45, 7) is 1.96. The van der Waals surface area contributed by atoms with Crippen LogP contribution in [0.5, 0.6) is 5.75 Å². The molecule has 1 N–H and O–H groups in total. The number of halogens is 1. The molecular formula is C18H20ClNO2S. The molecule has 5 heteroatoms. The molecule has 0 aliphatic heterocycles. The quantitative estimate of drug-likeness (QED) is 0.736. The monoisotopic (exact) mass is 349 g/mol. The van der Waals surface area contributed by atoms with Gasteiger partial charge in [0.25, 0.3) is 0 Å². The van der Waals surface area contributed by atoms with E-state index in [0.717, 1.165) is 27.0 Å². The largest absolute Gasteiger partial charge is 0.496 e. The Bertz CT molecular complexity index is 646.